The lowest BCUT2D eigenvalue weighted by molar-refractivity contribution is -0.152. The van der Waals surface area contributed by atoms with Crippen molar-refractivity contribution < 1.29 is 14.4 Å². The molecule has 7 heteroatoms. The largest absolute Gasteiger partial charge is 0.395 e. The number of nitrogens with two attached hydrogens (primary N) is 2. The maximum absolute atomic E-state index is 12.1. The Morgan fingerprint density at radius 3 is 2.70 bits per heavy atom. The van der Waals surface area contributed by atoms with E-state index in [9.17, 15) is 14.4 Å². The lowest BCUT2D eigenvalue weighted by Crippen LogP contribution is -2.55. The minimum Gasteiger partial charge on any atom is -0.395 e. The number of hydrogen-bond donors (Lipinski definition) is 2. The summed E-state index contributed by atoms with van der Waals surface area (Å²) in [7, 11) is 0. The van der Waals surface area contributed by atoms with Gasteiger partial charge in [0.2, 0.25) is 11.7 Å². The fourth-order valence-corrected chi connectivity index (χ4v) is 2.66. The van der Waals surface area contributed by atoms with Crippen molar-refractivity contribution in [2.24, 2.45) is 11.6 Å². The van der Waals surface area contributed by atoms with Gasteiger partial charge >= 0.3 is 0 Å². The van der Waals surface area contributed by atoms with Crippen molar-refractivity contribution in [3.63, 3.8) is 0 Å². The summed E-state index contributed by atoms with van der Waals surface area (Å²) < 4.78 is 0. The van der Waals surface area contributed by atoms with Crippen molar-refractivity contribution in [2.45, 2.75) is 18.9 Å². The zero-order valence-corrected chi connectivity index (χ0v) is 10.7. The molecule has 1 aliphatic carbocycles. The van der Waals surface area contributed by atoms with E-state index in [-0.39, 0.29) is 23.8 Å². The molecule has 1 saturated heterocycles. The van der Waals surface area contributed by atoms with Crippen LogP contribution in [0.15, 0.2) is 35.2 Å². The molecule has 7 nitrogen and oxygen atoms in total. The summed E-state index contributed by atoms with van der Waals surface area (Å²) in [6, 6.07) is -0.486. The summed E-state index contributed by atoms with van der Waals surface area (Å²) in [5.41, 5.74) is 7.55. The number of allylic oxidation sites excluding steroid dienone is 2. The molecule has 2 amide bonds. The van der Waals surface area contributed by atoms with Gasteiger partial charge in [0.05, 0.1) is 5.70 Å². The van der Waals surface area contributed by atoms with Gasteiger partial charge < -0.3 is 10.6 Å². The number of fused-ring (bicyclic) bond motifs is 1. The third-order valence-corrected chi connectivity index (χ3v) is 3.82. The zero-order chi connectivity index (χ0) is 14.4. The van der Waals surface area contributed by atoms with Gasteiger partial charge in [-0.3, -0.25) is 14.4 Å². The molecule has 1 atom stereocenters. The van der Waals surface area contributed by atoms with E-state index in [2.05, 4.69) is 0 Å². The number of nitrogens with zero attached hydrogens (tertiary/aromatic N) is 2. The molecular weight excluding hydrogens is 260 g/mol. The van der Waals surface area contributed by atoms with Crippen LogP contribution in [-0.4, -0.2) is 40.1 Å². The molecule has 4 N–H and O–H groups in total. The van der Waals surface area contributed by atoms with Gasteiger partial charge in [0.15, 0.2) is 0 Å². The zero-order valence-electron chi connectivity index (χ0n) is 10.7. The van der Waals surface area contributed by atoms with Crippen LogP contribution < -0.4 is 11.6 Å². The Labute approximate surface area is 115 Å². The Morgan fingerprint density at radius 2 is 1.95 bits per heavy atom. The van der Waals surface area contributed by atoms with Crippen LogP contribution in [0.1, 0.15) is 12.8 Å². The fourth-order valence-electron chi connectivity index (χ4n) is 2.66. The number of carbonyl (C=O) groups is 3. The highest BCUT2D eigenvalue weighted by atomic mass is 16.2. The normalized spacial score (nSPS) is 26.4. The second kappa shape index (κ2) is 4.31. The van der Waals surface area contributed by atoms with Gasteiger partial charge in [0, 0.05) is 24.7 Å². The monoisotopic (exact) mass is 274 g/mol. The highest BCUT2D eigenvalue weighted by Crippen LogP contribution is 2.30. The van der Waals surface area contributed by atoms with Crippen molar-refractivity contribution in [3.05, 3.63) is 35.2 Å². The number of piperidine rings is 1. The molecule has 0 aromatic carbocycles. The van der Waals surface area contributed by atoms with E-state index in [0.717, 1.165) is 11.1 Å². The van der Waals surface area contributed by atoms with Crippen molar-refractivity contribution >= 4 is 17.6 Å². The molecule has 2 heterocycles. The molecule has 2 aliphatic heterocycles. The van der Waals surface area contributed by atoms with Gasteiger partial charge in [0.1, 0.15) is 6.04 Å². The van der Waals surface area contributed by atoms with Crippen molar-refractivity contribution in [1.82, 2.24) is 9.91 Å². The molecule has 3 rings (SSSR count). The van der Waals surface area contributed by atoms with Crippen LogP contribution in [0, 0.1) is 0 Å². The van der Waals surface area contributed by atoms with Gasteiger partial charge in [-0.25, -0.2) is 10.9 Å². The van der Waals surface area contributed by atoms with Crippen LogP contribution in [0.3, 0.4) is 0 Å². The average Bonchev–Trinajstić information content (AvgIpc) is 2.85. The standard InChI is InChI=1S/C13H14N4O3/c14-12-8-6-16(5-7(8)1-3-10(12)18)9-2-4-11(19)17(15)13(9)20/h1,3,5,9H,2,4,6,14-15H2. The summed E-state index contributed by atoms with van der Waals surface area (Å²) in [6.45, 7) is 0.385. The highest BCUT2D eigenvalue weighted by molar-refractivity contribution is 6.06. The summed E-state index contributed by atoms with van der Waals surface area (Å²) in [6.07, 6.45) is 5.54. The predicted octanol–water partition coefficient (Wildman–Crippen LogP) is -1.07. The molecule has 20 heavy (non-hydrogen) atoms. The number of imide groups is 1. The van der Waals surface area contributed by atoms with E-state index in [0.29, 0.717) is 18.0 Å². The van der Waals surface area contributed by atoms with E-state index in [1.54, 1.807) is 17.2 Å². The predicted molar refractivity (Wildman–Crippen MR) is 69.2 cm³/mol. The van der Waals surface area contributed by atoms with Crippen LogP contribution in [0.25, 0.3) is 0 Å². The Kier molecular flexibility index (Phi) is 2.72. The minimum absolute atomic E-state index is 0.213. The first kappa shape index (κ1) is 12.6. The van der Waals surface area contributed by atoms with Gasteiger partial charge in [-0.15, -0.1) is 0 Å². The number of rotatable bonds is 1. The number of amides is 2. The van der Waals surface area contributed by atoms with Crippen LogP contribution in [0.4, 0.5) is 0 Å². The van der Waals surface area contributed by atoms with Gasteiger partial charge in [-0.05, 0) is 24.1 Å². The van der Waals surface area contributed by atoms with Crippen molar-refractivity contribution in [3.8, 4) is 0 Å². The Balaban J connectivity index is 1.87. The van der Waals surface area contributed by atoms with E-state index in [1.165, 1.54) is 6.08 Å². The smallest absolute Gasteiger partial charge is 0.266 e. The molecule has 0 bridgehead atoms. The first-order valence-corrected chi connectivity index (χ1v) is 6.29. The van der Waals surface area contributed by atoms with E-state index in [1.807, 2.05) is 0 Å². The quantitative estimate of drug-likeness (QED) is 0.358. The van der Waals surface area contributed by atoms with Gasteiger partial charge in [0.25, 0.3) is 5.91 Å². The van der Waals surface area contributed by atoms with E-state index in [4.69, 9.17) is 11.6 Å². The third-order valence-electron chi connectivity index (χ3n) is 3.82. The lowest BCUT2D eigenvalue weighted by atomic mass is 9.99. The second-order valence-corrected chi connectivity index (χ2v) is 5.00. The first-order valence-electron chi connectivity index (χ1n) is 6.29. The molecule has 0 saturated carbocycles. The number of hydrazine groups is 1. The van der Waals surface area contributed by atoms with Crippen molar-refractivity contribution in [2.75, 3.05) is 6.54 Å². The highest BCUT2D eigenvalue weighted by Gasteiger charge is 2.38. The lowest BCUT2D eigenvalue weighted by Gasteiger charge is -2.33. The summed E-state index contributed by atoms with van der Waals surface area (Å²) in [5, 5.41) is 0.674. The van der Waals surface area contributed by atoms with Crippen LogP contribution in [-0.2, 0) is 14.4 Å². The third kappa shape index (κ3) is 1.75. The Hall–Kier alpha value is -2.41. The topological polar surface area (TPSA) is 110 Å². The van der Waals surface area contributed by atoms with E-state index < -0.39 is 11.9 Å². The second-order valence-electron chi connectivity index (χ2n) is 5.00. The molecule has 1 unspecified atom stereocenters. The number of carbonyl (C=O) groups excluding carboxylic acids is 3. The van der Waals surface area contributed by atoms with Crippen molar-refractivity contribution in [1.29, 1.82) is 0 Å². The number of ketones is 1. The van der Waals surface area contributed by atoms with E-state index >= 15 is 0 Å². The SMILES string of the molecule is NC1=C2CN(C3CCC(=O)N(N)C3=O)C=C2C=CC1=O. The number of hydrogen-bond acceptors (Lipinski definition) is 6. The molecular formula is C13H14N4O3. The fraction of sp³-hybridized carbons (Fsp3) is 0.308. The van der Waals surface area contributed by atoms with Crippen LogP contribution in [0.2, 0.25) is 0 Å². The van der Waals surface area contributed by atoms with Crippen LogP contribution in [0.5, 0.6) is 0 Å². The maximum Gasteiger partial charge on any atom is 0.266 e. The Morgan fingerprint density at radius 1 is 1.20 bits per heavy atom. The molecule has 1 fully saturated rings. The molecule has 0 spiro atoms. The average molecular weight is 274 g/mol. The van der Waals surface area contributed by atoms with Gasteiger partial charge in [-0.1, -0.05) is 0 Å². The summed E-state index contributed by atoms with van der Waals surface area (Å²) >= 11 is 0. The van der Waals surface area contributed by atoms with Crippen LogP contribution >= 0.6 is 0 Å². The molecule has 104 valence electrons. The minimum atomic E-state index is -0.486. The molecule has 0 radical (unpaired) electrons. The Bertz CT molecular complexity index is 617. The molecule has 0 aromatic heterocycles. The molecule has 0 aromatic rings. The maximum atomic E-state index is 12.1. The van der Waals surface area contributed by atoms with Gasteiger partial charge in [-0.2, -0.15) is 0 Å². The summed E-state index contributed by atoms with van der Waals surface area (Å²) in [4.78, 5) is 36.7. The molecule has 3 aliphatic rings. The summed E-state index contributed by atoms with van der Waals surface area (Å²) in [5.74, 6) is 4.44. The first-order chi connectivity index (χ1) is 9.49.